The summed E-state index contributed by atoms with van der Waals surface area (Å²) in [7, 11) is 2.63. The van der Waals surface area contributed by atoms with Crippen molar-refractivity contribution in [3.8, 4) is 11.5 Å². The molecule has 146 valence electrons. The molecule has 0 amide bonds. The van der Waals surface area contributed by atoms with Gasteiger partial charge in [0, 0.05) is 27.2 Å². The minimum absolute atomic E-state index is 0.288. The number of aromatic nitrogens is 1. The molecule has 8 nitrogen and oxygen atoms in total. The Labute approximate surface area is 159 Å². The van der Waals surface area contributed by atoms with E-state index in [0.717, 1.165) is 35.3 Å². The smallest absolute Gasteiger partial charge is 0.302 e. The fourth-order valence-electron chi connectivity index (χ4n) is 2.96. The third-order valence-electron chi connectivity index (χ3n) is 4.55. The number of methoxy groups -OCH3 is 2. The second-order valence-corrected chi connectivity index (χ2v) is 8.32. The van der Waals surface area contributed by atoms with E-state index in [1.807, 2.05) is 18.2 Å². The van der Waals surface area contributed by atoms with E-state index in [4.69, 9.17) is 9.47 Å². The van der Waals surface area contributed by atoms with Crippen LogP contribution in [0.25, 0.3) is 0 Å². The van der Waals surface area contributed by atoms with Crippen LogP contribution in [0, 0.1) is 0 Å². The van der Waals surface area contributed by atoms with E-state index < -0.39 is 10.2 Å². The molecule has 27 heavy (non-hydrogen) atoms. The Kier molecular flexibility index (Phi) is 5.43. The Hall–Kier alpha value is -2.52. The van der Waals surface area contributed by atoms with Crippen LogP contribution in [0.15, 0.2) is 30.5 Å². The van der Waals surface area contributed by atoms with Crippen molar-refractivity contribution in [3.05, 3.63) is 41.6 Å². The number of hydrogen-bond acceptors (Lipinski definition) is 6. The van der Waals surface area contributed by atoms with Crippen LogP contribution < -0.4 is 19.1 Å². The Bertz CT molecular complexity index is 914. The van der Waals surface area contributed by atoms with Crippen LogP contribution in [0.2, 0.25) is 0 Å². The van der Waals surface area contributed by atoms with Crippen LogP contribution in [0.5, 0.6) is 11.5 Å². The van der Waals surface area contributed by atoms with Gasteiger partial charge in [-0.3, -0.25) is 4.72 Å². The first-order valence-corrected chi connectivity index (χ1v) is 9.93. The van der Waals surface area contributed by atoms with Gasteiger partial charge in [0.2, 0.25) is 0 Å². The first-order valence-electron chi connectivity index (χ1n) is 8.49. The number of hydrogen-bond donors (Lipinski definition) is 1. The molecule has 0 saturated carbocycles. The lowest BCUT2D eigenvalue weighted by molar-refractivity contribution is 0.353. The molecule has 0 spiro atoms. The quantitative estimate of drug-likeness (QED) is 0.808. The minimum atomic E-state index is -3.56. The Morgan fingerprint density at radius 3 is 2.33 bits per heavy atom. The zero-order valence-corrected chi connectivity index (χ0v) is 16.7. The molecule has 3 rings (SSSR count). The van der Waals surface area contributed by atoms with E-state index in [9.17, 15) is 8.42 Å². The van der Waals surface area contributed by atoms with E-state index in [-0.39, 0.29) is 5.82 Å². The van der Waals surface area contributed by atoms with Gasteiger partial charge < -0.3 is 14.4 Å². The fourth-order valence-corrected chi connectivity index (χ4v) is 3.53. The number of fused-ring (bicyclic) bond motifs is 1. The highest BCUT2D eigenvalue weighted by Gasteiger charge is 2.20. The molecule has 9 heteroatoms. The van der Waals surface area contributed by atoms with Crippen molar-refractivity contribution in [2.75, 3.05) is 44.5 Å². The number of pyridine rings is 1. The van der Waals surface area contributed by atoms with Gasteiger partial charge in [-0.25, -0.2) is 4.98 Å². The molecule has 0 saturated heterocycles. The number of nitrogens with one attached hydrogen (secondary N) is 1. The molecule has 0 atom stereocenters. The highest BCUT2D eigenvalue weighted by Crippen LogP contribution is 2.34. The van der Waals surface area contributed by atoms with Gasteiger partial charge in [-0.15, -0.1) is 0 Å². The molecule has 1 aromatic carbocycles. The molecular weight excluding hydrogens is 368 g/mol. The molecule has 0 unspecified atom stereocenters. The molecule has 0 fully saturated rings. The third-order valence-corrected chi connectivity index (χ3v) is 5.97. The summed E-state index contributed by atoms with van der Waals surface area (Å²) < 4.78 is 38.1. The van der Waals surface area contributed by atoms with Gasteiger partial charge in [0.05, 0.1) is 26.1 Å². The number of anilines is 2. The van der Waals surface area contributed by atoms with Gasteiger partial charge >= 0.3 is 10.2 Å². The minimum Gasteiger partial charge on any atom is -0.493 e. The van der Waals surface area contributed by atoms with Gasteiger partial charge in [-0.05, 0) is 41.8 Å². The predicted octanol–water partition coefficient (Wildman–Crippen LogP) is 1.88. The predicted molar refractivity (Wildman–Crippen MR) is 105 cm³/mol. The van der Waals surface area contributed by atoms with E-state index in [2.05, 4.69) is 14.6 Å². The molecule has 1 N–H and O–H groups in total. The van der Waals surface area contributed by atoms with Gasteiger partial charge in [0.1, 0.15) is 5.82 Å². The van der Waals surface area contributed by atoms with Crippen molar-refractivity contribution in [3.63, 3.8) is 0 Å². The normalized spacial score (nSPS) is 14.0. The number of benzene rings is 1. The summed E-state index contributed by atoms with van der Waals surface area (Å²) in [5.74, 6) is 1.74. The average Bonchev–Trinajstić information content (AvgIpc) is 2.66. The van der Waals surface area contributed by atoms with Crippen LogP contribution in [-0.4, -0.2) is 52.6 Å². The summed E-state index contributed by atoms with van der Waals surface area (Å²) in [6, 6.07) is 7.57. The molecule has 1 aliphatic rings. The number of rotatable bonds is 6. The summed E-state index contributed by atoms with van der Waals surface area (Å²) in [6.07, 6.45) is 2.56. The van der Waals surface area contributed by atoms with Gasteiger partial charge in [0.25, 0.3) is 0 Å². The molecule has 1 aromatic heterocycles. The van der Waals surface area contributed by atoms with Crippen molar-refractivity contribution in [2.45, 2.75) is 13.0 Å². The molecule has 0 aliphatic carbocycles. The van der Waals surface area contributed by atoms with Crippen LogP contribution >= 0.6 is 0 Å². The van der Waals surface area contributed by atoms with Gasteiger partial charge in [-0.2, -0.15) is 12.7 Å². The third kappa shape index (κ3) is 4.09. The van der Waals surface area contributed by atoms with E-state index in [1.165, 1.54) is 25.2 Å². The summed E-state index contributed by atoms with van der Waals surface area (Å²) in [6.45, 7) is 1.56. The topological polar surface area (TPSA) is 84.0 Å². The molecule has 0 radical (unpaired) electrons. The average molecular weight is 392 g/mol. The van der Waals surface area contributed by atoms with Crippen molar-refractivity contribution >= 4 is 21.7 Å². The van der Waals surface area contributed by atoms with Crippen molar-refractivity contribution < 1.29 is 17.9 Å². The van der Waals surface area contributed by atoms with Crippen LogP contribution in [-0.2, 0) is 23.2 Å². The molecule has 0 bridgehead atoms. The lowest BCUT2D eigenvalue weighted by atomic mass is 9.98. The van der Waals surface area contributed by atoms with Gasteiger partial charge in [-0.1, -0.05) is 0 Å². The highest BCUT2D eigenvalue weighted by atomic mass is 32.2. The van der Waals surface area contributed by atoms with Gasteiger partial charge in [0.15, 0.2) is 11.5 Å². The highest BCUT2D eigenvalue weighted by molar-refractivity contribution is 7.90. The maximum absolute atomic E-state index is 11.9. The zero-order valence-electron chi connectivity index (χ0n) is 15.9. The lowest BCUT2D eigenvalue weighted by Gasteiger charge is -2.31. The Morgan fingerprint density at radius 1 is 1.11 bits per heavy atom. The summed E-state index contributed by atoms with van der Waals surface area (Å²) in [5.41, 5.74) is 3.35. The lowest BCUT2D eigenvalue weighted by Crippen LogP contribution is -2.31. The first kappa shape index (κ1) is 19.2. The maximum atomic E-state index is 11.9. The second kappa shape index (κ2) is 7.61. The molecular formula is C18H24N4O4S. The maximum Gasteiger partial charge on any atom is 0.302 e. The van der Waals surface area contributed by atoms with Crippen molar-refractivity contribution in [2.24, 2.45) is 0 Å². The van der Waals surface area contributed by atoms with E-state index >= 15 is 0 Å². The van der Waals surface area contributed by atoms with E-state index in [0.29, 0.717) is 5.75 Å². The second-order valence-electron chi connectivity index (χ2n) is 6.44. The Morgan fingerprint density at radius 2 is 1.78 bits per heavy atom. The zero-order chi connectivity index (χ0) is 19.6. The number of nitrogens with zero attached hydrogens (tertiary/aromatic N) is 3. The molecule has 2 aromatic rings. The summed E-state index contributed by atoms with van der Waals surface area (Å²) >= 11 is 0. The SMILES string of the molecule is COc1cc2c(cc1OC)CN(c1ccc(NS(=O)(=O)N(C)C)nc1)CC2. The first-order chi connectivity index (χ1) is 12.8. The summed E-state index contributed by atoms with van der Waals surface area (Å²) in [5, 5.41) is 0. The van der Waals surface area contributed by atoms with Crippen LogP contribution in [0.3, 0.4) is 0 Å². The number of ether oxygens (including phenoxy) is 2. The fraction of sp³-hybridized carbons (Fsp3) is 0.389. The Balaban J connectivity index is 1.77. The van der Waals surface area contributed by atoms with Crippen LogP contribution in [0.4, 0.5) is 11.5 Å². The summed E-state index contributed by atoms with van der Waals surface area (Å²) in [4.78, 5) is 6.44. The monoisotopic (exact) mass is 392 g/mol. The standard InChI is InChI=1S/C18H24N4O4S/c1-21(2)27(23,24)20-18-6-5-15(11-19-18)22-8-7-13-9-16(25-3)17(26-4)10-14(13)12-22/h5-6,9-11H,7-8,12H2,1-4H3,(H,19,20). The van der Waals surface area contributed by atoms with Crippen molar-refractivity contribution in [1.29, 1.82) is 0 Å². The largest absolute Gasteiger partial charge is 0.493 e. The van der Waals surface area contributed by atoms with Crippen LogP contribution in [0.1, 0.15) is 11.1 Å². The molecule has 1 aliphatic heterocycles. The van der Waals surface area contributed by atoms with E-state index in [1.54, 1.807) is 26.5 Å². The van der Waals surface area contributed by atoms with Crippen molar-refractivity contribution in [1.82, 2.24) is 9.29 Å². The molecule has 2 heterocycles.